The average Bonchev–Trinajstić information content (AvgIpc) is 3.44. The molecule has 4 heteroatoms. The number of imidazole rings is 1. The Morgan fingerprint density at radius 3 is 2.26 bits per heavy atom. The van der Waals surface area contributed by atoms with Gasteiger partial charge in [0, 0.05) is 40.8 Å². The van der Waals surface area contributed by atoms with E-state index in [0.29, 0.717) is 0 Å². The molecule has 4 aromatic carbocycles. The third-order valence-corrected chi connectivity index (χ3v) is 6.78. The van der Waals surface area contributed by atoms with Gasteiger partial charge in [-0.3, -0.25) is 4.98 Å². The van der Waals surface area contributed by atoms with Gasteiger partial charge in [0.1, 0.15) is 5.82 Å². The highest BCUT2D eigenvalue weighted by molar-refractivity contribution is 6.10. The van der Waals surface area contributed by atoms with Crippen LogP contribution in [-0.2, 0) is 7.05 Å². The highest BCUT2D eigenvalue weighted by Crippen LogP contribution is 2.35. The van der Waals surface area contributed by atoms with Gasteiger partial charge in [0.25, 0.3) is 0 Å². The summed E-state index contributed by atoms with van der Waals surface area (Å²) in [6, 6.07) is 38.2. The highest BCUT2D eigenvalue weighted by Gasteiger charge is 2.16. The maximum absolute atomic E-state index is 4.94. The number of benzene rings is 4. The molecule has 3 heterocycles. The Labute approximate surface area is 202 Å². The van der Waals surface area contributed by atoms with Crippen molar-refractivity contribution in [2.45, 2.75) is 0 Å². The first kappa shape index (κ1) is 19.7. The van der Waals surface area contributed by atoms with E-state index in [0.717, 1.165) is 44.9 Å². The van der Waals surface area contributed by atoms with E-state index >= 15 is 0 Å². The molecule has 0 aliphatic heterocycles. The number of nitrogens with zero attached hydrogens (tertiary/aromatic N) is 4. The van der Waals surface area contributed by atoms with Crippen LogP contribution >= 0.6 is 0 Å². The van der Waals surface area contributed by atoms with Crippen molar-refractivity contribution in [2.75, 3.05) is 0 Å². The van der Waals surface area contributed by atoms with Crippen LogP contribution in [0.4, 0.5) is 0 Å². The summed E-state index contributed by atoms with van der Waals surface area (Å²) in [6.45, 7) is 0. The second-order valence-corrected chi connectivity index (χ2v) is 8.83. The molecule has 3 aromatic heterocycles. The molecule has 0 spiro atoms. The summed E-state index contributed by atoms with van der Waals surface area (Å²) < 4.78 is 4.52. The Bertz CT molecular complexity index is 1860. The Kier molecular flexibility index (Phi) is 4.33. The number of hydrogen-bond donors (Lipinski definition) is 0. The van der Waals surface area contributed by atoms with Crippen molar-refractivity contribution in [3.8, 4) is 28.3 Å². The quantitative estimate of drug-likeness (QED) is 0.281. The van der Waals surface area contributed by atoms with Gasteiger partial charge < -0.3 is 9.13 Å². The Morgan fingerprint density at radius 1 is 0.600 bits per heavy atom. The van der Waals surface area contributed by atoms with Crippen molar-refractivity contribution in [1.29, 1.82) is 0 Å². The molecular weight excluding hydrogens is 428 g/mol. The minimum atomic E-state index is 0.965. The summed E-state index contributed by atoms with van der Waals surface area (Å²) in [5, 5.41) is 2.47. The average molecular weight is 451 g/mol. The van der Waals surface area contributed by atoms with Crippen molar-refractivity contribution in [3.05, 3.63) is 115 Å². The zero-order valence-corrected chi connectivity index (χ0v) is 19.3. The standard InChI is InChI=1S/C31H22N4/c1-34-29-15-5-3-13-27(29)33-31(34)22-16-17-25-24-11-2-4-14-28(24)35(30(25)20-22)23-10-8-9-21(19-23)26-12-6-7-18-32-26/h2-20H,1H3. The fraction of sp³-hybridized carbons (Fsp3) is 0.0323. The minimum absolute atomic E-state index is 0.965. The maximum atomic E-state index is 4.94. The smallest absolute Gasteiger partial charge is 0.140 e. The molecule has 0 amide bonds. The zero-order valence-electron chi connectivity index (χ0n) is 19.3. The molecule has 0 N–H and O–H groups in total. The van der Waals surface area contributed by atoms with Gasteiger partial charge in [0.05, 0.1) is 27.8 Å². The van der Waals surface area contributed by atoms with Crippen LogP contribution in [-0.4, -0.2) is 19.1 Å². The fourth-order valence-corrected chi connectivity index (χ4v) is 5.13. The predicted molar refractivity (Wildman–Crippen MR) is 144 cm³/mol. The molecule has 166 valence electrons. The Balaban J connectivity index is 1.50. The van der Waals surface area contributed by atoms with Gasteiger partial charge >= 0.3 is 0 Å². The van der Waals surface area contributed by atoms with E-state index < -0.39 is 0 Å². The topological polar surface area (TPSA) is 35.6 Å². The van der Waals surface area contributed by atoms with Crippen LogP contribution in [0.25, 0.3) is 61.2 Å². The molecule has 4 nitrogen and oxygen atoms in total. The van der Waals surface area contributed by atoms with Gasteiger partial charge in [-0.15, -0.1) is 0 Å². The number of aromatic nitrogens is 4. The van der Waals surface area contributed by atoms with E-state index in [-0.39, 0.29) is 0 Å². The second-order valence-electron chi connectivity index (χ2n) is 8.83. The van der Waals surface area contributed by atoms with Crippen molar-refractivity contribution >= 4 is 32.8 Å². The van der Waals surface area contributed by atoms with Crippen molar-refractivity contribution < 1.29 is 0 Å². The minimum Gasteiger partial charge on any atom is -0.327 e. The molecule has 0 radical (unpaired) electrons. The van der Waals surface area contributed by atoms with Crippen LogP contribution in [0.3, 0.4) is 0 Å². The van der Waals surface area contributed by atoms with Gasteiger partial charge in [-0.1, -0.05) is 60.7 Å². The number of para-hydroxylation sites is 3. The molecule has 0 saturated carbocycles. The molecule has 0 bridgehead atoms. The molecule has 0 unspecified atom stereocenters. The van der Waals surface area contributed by atoms with Crippen LogP contribution in [0, 0.1) is 0 Å². The third kappa shape index (κ3) is 3.07. The Morgan fingerprint density at radius 2 is 1.40 bits per heavy atom. The van der Waals surface area contributed by atoms with Crippen LogP contribution in [0.1, 0.15) is 0 Å². The van der Waals surface area contributed by atoms with Crippen LogP contribution < -0.4 is 0 Å². The number of hydrogen-bond acceptors (Lipinski definition) is 2. The van der Waals surface area contributed by atoms with Crippen LogP contribution in [0.2, 0.25) is 0 Å². The molecule has 0 aliphatic rings. The summed E-state index contributed by atoms with van der Waals surface area (Å²) >= 11 is 0. The highest BCUT2D eigenvalue weighted by atomic mass is 15.1. The third-order valence-electron chi connectivity index (χ3n) is 6.78. The van der Waals surface area contributed by atoms with Crippen LogP contribution in [0.15, 0.2) is 115 Å². The van der Waals surface area contributed by atoms with Gasteiger partial charge in [0.2, 0.25) is 0 Å². The second kappa shape index (κ2) is 7.67. The van der Waals surface area contributed by atoms with E-state index in [2.05, 4.69) is 112 Å². The molecule has 0 fully saturated rings. The van der Waals surface area contributed by atoms with Crippen molar-refractivity contribution in [1.82, 2.24) is 19.1 Å². The number of aryl methyl sites for hydroxylation is 1. The van der Waals surface area contributed by atoms with Crippen LogP contribution in [0.5, 0.6) is 0 Å². The van der Waals surface area contributed by atoms with E-state index in [9.17, 15) is 0 Å². The number of pyridine rings is 1. The molecule has 7 aromatic rings. The first-order valence-electron chi connectivity index (χ1n) is 11.7. The molecule has 7 rings (SSSR count). The summed E-state index contributed by atoms with van der Waals surface area (Å²) in [5.41, 5.74) is 8.76. The molecule has 35 heavy (non-hydrogen) atoms. The largest absolute Gasteiger partial charge is 0.327 e. The molecular formula is C31H22N4. The number of rotatable bonds is 3. The molecule has 0 atom stereocenters. The summed E-state index contributed by atoms with van der Waals surface area (Å²) in [5.74, 6) is 0.965. The lowest BCUT2D eigenvalue weighted by atomic mass is 10.1. The number of fused-ring (bicyclic) bond motifs is 4. The van der Waals surface area contributed by atoms with E-state index in [1.165, 1.54) is 16.3 Å². The summed E-state index contributed by atoms with van der Waals surface area (Å²) in [4.78, 5) is 9.50. The SMILES string of the molecule is Cn1c(-c2ccc3c4ccccc4n(-c4cccc(-c5ccccn5)c4)c3c2)nc2ccccc21. The molecule has 0 saturated heterocycles. The van der Waals surface area contributed by atoms with Crippen molar-refractivity contribution in [2.24, 2.45) is 7.05 Å². The van der Waals surface area contributed by atoms with E-state index in [1.807, 2.05) is 24.4 Å². The fourth-order valence-electron chi connectivity index (χ4n) is 5.13. The molecule has 0 aliphatic carbocycles. The lowest BCUT2D eigenvalue weighted by Gasteiger charge is -2.11. The van der Waals surface area contributed by atoms with E-state index in [1.54, 1.807) is 0 Å². The monoisotopic (exact) mass is 450 g/mol. The first-order chi connectivity index (χ1) is 17.3. The van der Waals surface area contributed by atoms with Gasteiger partial charge in [-0.2, -0.15) is 0 Å². The first-order valence-corrected chi connectivity index (χ1v) is 11.7. The Hall–Kier alpha value is -4.70. The predicted octanol–water partition coefficient (Wildman–Crippen LogP) is 7.40. The lowest BCUT2D eigenvalue weighted by molar-refractivity contribution is 0.959. The van der Waals surface area contributed by atoms with E-state index in [4.69, 9.17) is 4.98 Å². The maximum Gasteiger partial charge on any atom is 0.140 e. The zero-order chi connectivity index (χ0) is 23.4. The van der Waals surface area contributed by atoms with Gasteiger partial charge in [-0.05, 0) is 48.5 Å². The summed E-state index contributed by atoms with van der Waals surface area (Å²) in [7, 11) is 2.08. The van der Waals surface area contributed by atoms with Gasteiger partial charge in [0.15, 0.2) is 0 Å². The van der Waals surface area contributed by atoms with Crippen molar-refractivity contribution in [3.63, 3.8) is 0 Å². The normalized spacial score (nSPS) is 11.6. The van der Waals surface area contributed by atoms with Gasteiger partial charge in [-0.25, -0.2) is 4.98 Å². The lowest BCUT2D eigenvalue weighted by Crippen LogP contribution is -1.96. The summed E-state index contributed by atoms with van der Waals surface area (Å²) in [6.07, 6.45) is 1.84.